The maximum absolute atomic E-state index is 12.9. The Hall–Kier alpha value is -1.88. The molecule has 0 unspecified atom stereocenters. The van der Waals surface area contributed by atoms with Crippen LogP contribution in [0.4, 0.5) is 0 Å². The van der Waals surface area contributed by atoms with Crippen molar-refractivity contribution in [2.24, 2.45) is 5.92 Å². The van der Waals surface area contributed by atoms with Gasteiger partial charge >= 0.3 is 0 Å². The molecule has 2 fully saturated rings. The van der Waals surface area contributed by atoms with Gasteiger partial charge in [0.1, 0.15) is 0 Å². The van der Waals surface area contributed by atoms with E-state index in [1.54, 1.807) is 12.1 Å². The molecule has 0 bridgehead atoms. The predicted molar refractivity (Wildman–Crippen MR) is 94.9 cm³/mol. The fourth-order valence-corrected chi connectivity index (χ4v) is 3.66. The van der Waals surface area contributed by atoms with E-state index >= 15 is 0 Å². The first-order valence-electron chi connectivity index (χ1n) is 9.09. The topological polar surface area (TPSA) is 59.2 Å². The second-order valence-electron chi connectivity index (χ2n) is 7.04. The molecule has 0 atom stereocenters. The van der Waals surface area contributed by atoms with E-state index in [0.29, 0.717) is 29.4 Å². The lowest BCUT2D eigenvalue weighted by Crippen LogP contribution is -2.38. The summed E-state index contributed by atoms with van der Waals surface area (Å²) in [5.41, 5.74) is 0.833. The van der Waals surface area contributed by atoms with Crippen LogP contribution in [0, 0.1) is 5.92 Å². The molecular formula is C19H22ClN3O2. The number of benzene rings is 1. The molecule has 1 aromatic heterocycles. The van der Waals surface area contributed by atoms with Crippen molar-refractivity contribution in [2.75, 3.05) is 0 Å². The van der Waals surface area contributed by atoms with Crippen LogP contribution in [-0.4, -0.2) is 27.0 Å². The van der Waals surface area contributed by atoms with Crippen LogP contribution in [0.1, 0.15) is 50.8 Å². The zero-order chi connectivity index (χ0) is 17.2. The predicted octanol–water partition coefficient (Wildman–Crippen LogP) is 4.46. The lowest BCUT2D eigenvalue weighted by atomic mass is 9.88. The van der Waals surface area contributed by atoms with Gasteiger partial charge in [-0.2, -0.15) is 0 Å². The van der Waals surface area contributed by atoms with E-state index < -0.39 is 0 Å². The molecule has 132 valence electrons. The van der Waals surface area contributed by atoms with Gasteiger partial charge in [-0.25, -0.2) is 0 Å². The summed E-state index contributed by atoms with van der Waals surface area (Å²) in [4.78, 5) is 14.9. The van der Waals surface area contributed by atoms with Gasteiger partial charge < -0.3 is 9.32 Å². The number of rotatable bonds is 5. The number of carbonyl (C=O) groups excluding carboxylic acids is 1. The summed E-state index contributed by atoms with van der Waals surface area (Å²) in [6.45, 7) is 0.417. The molecule has 5 nitrogen and oxygen atoms in total. The third kappa shape index (κ3) is 3.87. The average Bonchev–Trinajstić information content (AvgIpc) is 3.39. The minimum atomic E-state index is 0.174. The van der Waals surface area contributed by atoms with Gasteiger partial charge in [-0.15, -0.1) is 10.2 Å². The number of aromatic nitrogens is 2. The first kappa shape index (κ1) is 16.6. The Morgan fingerprint density at radius 1 is 1.08 bits per heavy atom. The zero-order valence-corrected chi connectivity index (χ0v) is 14.9. The minimum absolute atomic E-state index is 0.174. The van der Waals surface area contributed by atoms with Crippen LogP contribution in [0.3, 0.4) is 0 Å². The minimum Gasteiger partial charge on any atom is -0.419 e. The first-order valence-corrected chi connectivity index (χ1v) is 9.47. The zero-order valence-electron chi connectivity index (χ0n) is 14.2. The van der Waals surface area contributed by atoms with Gasteiger partial charge in [0.25, 0.3) is 0 Å². The standard InChI is InChI=1S/C19H22ClN3O2/c20-15-8-6-13(7-9-15)18-22-21-17(25-18)12-23(16-10-11-16)19(24)14-4-2-1-3-5-14/h6-9,14,16H,1-5,10-12H2. The van der Waals surface area contributed by atoms with Crippen LogP contribution in [0.15, 0.2) is 28.7 Å². The molecule has 2 saturated carbocycles. The number of hydrogen-bond donors (Lipinski definition) is 0. The molecule has 1 heterocycles. The largest absolute Gasteiger partial charge is 0.419 e. The summed E-state index contributed by atoms with van der Waals surface area (Å²) in [6, 6.07) is 7.64. The molecule has 0 radical (unpaired) electrons. The first-order chi connectivity index (χ1) is 12.2. The third-order valence-electron chi connectivity index (χ3n) is 5.09. The molecular weight excluding hydrogens is 338 g/mol. The normalized spacial score (nSPS) is 18.3. The quantitative estimate of drug-likeness (QED) is 0.790. The van der Waals surface area contributed by atoms with Crippen LogP contribution >= 0.6 is 11.6 Å². The molecule has 6 heteroatoms. The van der Waals surface area contributed by atoms with Gasteiger partial charge in [-0.05, 0) is 49.9 Å². The molecule has 0 saturated heterocycles. The Bertz CT molecular complexity index is 733. The fraction of sp³-hybridized carbons (Fsp3) is 0.526. The number of carbonyl (C=O) groups is 1. The Balaban J connectivity index is 1.47. The smallest absolute Gasteiger partial charge is 0.247 e. The van der Waals surface area contributed by atoms with Crippen LogP contribution in [0.2, 0.25) is 5.02 Å². The number of hydrogen-bond acceptors (Lipinski definition) is 4. The van der Waals surface area contributed by atoms with E-state index in [-0.39, 0.29) is 11.8 Å². The van der Waals surface area contributed by atoms with Crippen molar-refractivity contribution < 1.29 is 9.21 Å². The molecule has 0 spiro atoms. The second kappa shape index (κ2) is 7.16. The highest BCUT2D eigenvalue weighted by molar-refractivity contribution is 6.30. The molecule has 2 aliphatic rings. The van der Waals surface area contributed by atoms with Crippen molar-refractivity contribution in [3.8, 4) is 11.5 Å². The van der Waals surface area contributed by atoms with Gasteiger partial charge in [0, 0.05) is 22.5 Å². The molecule has 0 N–H and O–H groups in total. The fourth-order valence-electron chi connectivity index (χ4n) is 3.53. The van der Waals surface area contributed by atoms with E-state index in [4.69, 9.17) is 16.0 Å². The summed E-state index contributed by atoms with van der Waals surface area (Å²) >= 11 is 5.91. The summed E-state index contributed by atoms with van der Waals surface area (Å²) in [5, 5.41) is 8.94. The van der Waals surface area contributed by atoms with E-state index in [9.17, 15) is 4.79 Å². The van der Waals surface area contributed by atoms with Gasteiger partial charge in [0.05, 0.1) is 6.54 Å². The molecule has 25 heavy (non-hydrogen) atoms. The van der Waals surface area contributed by atoms with Crippen molar-refractivity contribution >= 4 is 17.5 Å². The highest BCUT2D eigenvalue weighted by atomic mass is 35.5. The Morgan fingerprint density at radius 2 is 1.80 bits per heavy atom. The van der Waals surface area contributed by atoms with Crippen LogP contribution in [0.25, 0.3) is 11.5 Å². The van der Waals surface area contributed by atoms with Crippen molar-refractivity contribution in [3.05, 3.63) is 35.2 Å². The van der Waals surface area contributed by atoms with Crippen LogP contribution in [0.5, 0.6) is 0 Å². The van der Waals surface area contributed by atoms with Gasteiger partial charge in [0.2, 0.25) is 17.7 Å². The van der Waals surface area contributed by atoms with Gasteiger partial charge in [-0.3, -0.25) is 4.79 Å². The molecule has 1 amide bonds. The Kier molecular flexibility index (Phi) is 4.75. The summed E-state index contributed by atoms with van der Waals surface area (Å²) in [6.07, 6.45) is 7.77. The number of halogens is 1. The van der Waals surface area contributed by atoms with E-state index in [1.807, 2.05) is 17.0 Å². The highest BCUT2D eigenvalue weighted by Crippen LogP contribution is 2.33. The Morgan fingerprint density at radius 3 is 2.48 bits per heavy atom. The number of nitrogens with zero attached hydrogens (tertiary/aromatic N) is 3. The molecule has 0 aliphatic heterocycles. The van der Waals surface area contributed by atoms with Crippen LogP contribution < -0.4 is 0 Å². The average molecular weight is 360 g/mol. The lowest BCUT2D eigenvalue weighted by Gasteiger charge is -2.28. The maximum Gasteiger partial charge on any atom is 0.247 e. The second-order valence-corrected chi connectivity index (χ2v) is 7.48. The Labute approximate surface area is 152 Å². The van der Waals surface area contributed by atoms with Gasteiger partial charge in [-0.1, -0.05) is 30.9 Å². The SMILES string of the molecule is O=C(C1CCCCC1)N(Cc1nnc(-c2ccc(Cl)cc2)o1)C1CC1. The highest BCUT2D eigenvalue weighted by Gasteiger charge is 2.37. The lowest BCUT2D eigenvalue weighted by molar-refractivity contribution is -0.138. The van der Waals surface area contributed by atoms with Crippen molar-refractivity contribution in [1.82, 2.24) is 15.1 Å². The number of amides is 1. The van der Waals surface area contributed by atoms with E-state index in [0.717, 1.165) is 44.1 Å². The van der Waals surface area contributed by atoms with E-state index in [2.05, 4.69) is 10.2 Å². The monoisotopic (exact) mass is 359 g/mol. The summed E-state index contributed by atoms with van der Waals surface area (Å²) in [7, 11) is 0. The third-order valence-corrected chi connectivity index (χ3v) is 5.34. The van der Waals surface area contributed by atoms with Crippen molar-refractivity contribution in [1.29, 1.82) is 0 Å². The molecule has 2 aromatic rings. The molecule has 4 rings (SSSR count). The van der Waals surface area contributed by atoms with Crippen LogP contribution in [-0.2, 0) is 11.3 Å². The molecule has 2 aliphatic carbocycles. The van der Waals surface area contributed by atoms with Crippen molar-refractivity contribution in [3.63, 3.8) is 0 Å². The van der Waals surface area contributed by atoms with E-state index in [1.165, 1.54) is 6.42 Å². The van der Waals surface area contributed by atoms with Crippen molar-refractivity contribution in [2.45, 2.75) is 57.5 Å². The summed E-state index contributed by atoms with van der Waals surface area (Å²) < 4.78 is 5.80. The molecule has 1 aromatic carbocycles. The maximum atomic E-state index is 12.9. The van der Waals surface area contributed by atoms with Gasteiger partial charge in [0.15, 0.2) is 0 Å². The summed E-state index contributed by atoms with van der Waals surface area (Å²) in [5.74, 6) is 1.41.